The molecule has 0 heterocycles. The van der Waals surface area contributed by atoms with Crippen LogP contribution in [0.2, 0.25) is 5.02 Å². The third kappa shape index (κ3) is 6.18. The van der Waals surface area contributed by atoms with Gasteiger partial charge in [0.2, 0.25) is 11.8 Å². The van der Waals surface area contributed by atoms with Crippen molar-refractivity contribution >= 4 is 35.3 Å². The van der Waals surface area contributed by atoms with Crippen molar-refractivity contribution in [2.24, 2.45) is 5.10 Å². The number of hydrogen-bond acceptors (Lipinski definition) is 3. The molecule has 0 fully saturated rings. The molecule has 2 aromatic rings. The highest BCUT2D eigenvalue weighted by Crippen LogP contribution is 2.15. The summed E-state index contributed by atoms with van der Waals surface area (Å²) < 4.78 is 12.7. The average Bonchev–Trinajstić information content (AvgIpc) is 2.55. The van der Waals surface area contributed by atoms with Crippen molar-refractivity contribution in [3.8, 4) is 0 Å². The van der Waals surface area contributed by atoms with Gasteiger partial charge in [-0.2, -0.15) is 5.10 Å². The smallest absolute Gasteiger partial charge is 0.240 e. The topological polar surface area (TPSA) is 70.6 Å². The van der Waals surface area contributed by atoms with Crippen molar-refractivity contribution < 1.29 is 14.0 Å². The molecule has 2 amide bonds. The molecule has 0 saturated heterocycles. The van der Waals surface area contributed by atoms with Gasteiger partial charge in [-0.25, -0.2) is 9.82 Å². The maximum Gasteiger partial charge on any atom is 0.240 e. The summed E-state index contributed by atoms with van der Waals surface area (Å²) in [6.45, 7) is 0. The standard InChI is InChI=1S/C17H15ClFN3O2/c18-13-2-1-3-15(10-13)21-16(23)8-9-17(24)22-20-11-12-4-6-14(19)7-5-12/h1-7,10-11H,8-9H2,(H,21,23)(H,22,24)/b20-11+. The summed E-state index contributed by atoms with van der Waals surface area (Å²) in [6, 6.07) is 12.4. The monoisotopic (exact) mass is 347 g/mol. The highest BCUT2D eigenvalue weighted by atomic mass is 35.5. The van der Waals surface area contributed by atoms with Crippen LogP contribution in [-0.2, 0) is 9.59 Å². The van der Waals surface area contributed by atoms with Gasteiger partial charge in [0, 0.05) is 23.6 Å². The number of hydrogen-bond donors (Lipinski definition) is 2. The third-order valence-corrected chi connectivity index (χ3v) is 3.20. The molecule has 0 saturated carbocycles. The summed E-state index contributed by atoms with van der Waals surface area (Å²) in [4.78, 5) is 23.4. The molecule has 7 heteroatoms. The lowest BCUT2D eigenvalue weighted by atomic mass is 10.2. The summed E-state index contributed by atoms with van der Waals surface area (Å²) in [5.74, 6) is -1.04. The SMILES string of the molecule is O=C(CCC(=O)Nc1cccc(Cl)c1)N/N=C/c1ccc(F)cc1. The van der Waals surface area contributed by atoms with E-state index in [0.717, 1.165) is 0 Å². The van der Waals surface area contributed by atoms with Crippen LogP contribution in [0.25, 0.3) is 0 Å². The number of hydrazone groups is 1. The Labute approximate surface area is 143 Å². The Morgan fingerprint density at radius 2 is 1.79 bits per heavy atom. The van der Waals surface area contributed by atoms with Crippen molar-refractivity contribution in [1.29, 1.82) is 0 Å². The van der Waals surface area contributed by atoms with Gasteiger partial charge in [-0.1, -0.05) is 29.8 Å². The summed E-state index contributed by atoms with van der Waals surface area (Å²) in [7, 11) is 0. The van der Waals surface area contributed by atoms with Crippen molar-refractivity contribution in [3.63, 3.8) is 0 Å². The third-order valence-electron chi connectivity index (χ3n) is 2.96. The normalized spacial score (nSPS) is 10.6. The lowest BCUT2D eigenvalue weighted by molar-refractivity contribution is -0.124. The number of rotatable bonds is 6. The van der Waals surface area contributed by atoms with E-state index in [-0.39, 0.29) is 24.6 Å². The summed E-state index contributed by atoms with van der Waals surface area (Å²) in [6.07, 6.45) is 1.40. The molecule has 0 unspecified atom stereocenters. The number of benzene rings is 2. The quantitative estimate of drug-likeness (QED) is 0.621. The number of nitrogens with one attached hydrogen (secondary N) is 2. The molecular formula is C17H15ClFN3O2. The zero-order valence-electron chi connectivity index (χ0n) is 12.6. The van der Waals surface area contributed by atoms with E-state index in [9.17, 15) is 14.0 Å². The molecule has 2 N–H and O–H groups in total. The maximum atomic E-state index is 12.7. The fourth-order valence-corrected chi connectivity index (χ4v) is 1.99. The lowest BCUT2D eigenvalue weighted by Crippen LogP contribution is -2.20. The van der Waals surface area contributed by atoms with E-state index in [2.05, 4.69) is 15.8 Å². The molecule has 0 radical (unpaired) electrons. The molecule has 24 heavy (non-hydrogen) atoms. The second-order valence-electron chi connectivity index (χ2n) is 4.90. The van der Waals surface area contributed by atoms with Crippen LogP contribution < -0.4 is 10.7 Å². The van der Waals surface area contributed by atoms with Gasteiger partial charge in [0.25, 0.3) is 0 Å². The predicted molar refractivity (Wildman–Crippen MR) is 91.5 cm³/mol. The minimum atomic E-state index is -0.394. The first-order chi connectivity index (χ1) is 11.5. The van der Waals surface area contributed by atoms with E-state index in [0.29, 0.717) is 16.3 Å². The van der Waals surface area contributed by atoms with Crippen molar-refractivity contribution in [2.45, 2.75) is 12.8 Å². The fraction of sp³-hybridized carbons (Fsp3) is 0.118. The largest absolute Gasteiger partial charge is 0.326 e. The Bertz CT molecular complexity index is 748. The molecule has 0 aliphatic rings. The van der Waals surface area contributed by atoms with Gasteiger partial charge in [0.05, 0.1) is 6.21 Å². The molecule has 0 atom stereocenters. The van der Waals surface area contributed by atoms with Crippen LogP contribution in [0.3, 0.4) is 0 Å². The number of carbonyl (C=O) groups excluding carboxylic acids is 2. The predicted octanol–water partition coefficient (Wildman–Crippen LogP) is 3.35. The summed E-state index contributed by atoms with van der Waals surface area (Å²) >= 11 is 5.82. The van der Waals surface area contributed by atoms with Crippen molar-refractivity contribution in [3.05, 3.63) is 64.9 Å². The van der Waals surface area contributed by atoms with Gasteiger partial charge in [-0.3, -0.25) is 9.59 Å². The van der Waals surface area contributed by atoms with E-state index in [1.54, 1.807) is 24.3 Å². The molecule has 2 rings (SSSR count). The number of anilines is 1. The number of nitrogens with zero attached hydrogens (tertiary/aromatic N) is 1. The van der Waals surface area contributed by atoms with E-state index in [1.807, 2.05) is 0 Å². The highest BCUT2D eigenvalue weighted by molar-refractivity contribution is 6.30. The van der Waals surface area contributed by atoms with E-state index < -0.39 is 5.91 Å². The van der Waals surface area contributed by atoms with E-state index >= 15 is 0 Å². The van der Waals surface area contributed by atoms with Crippen LogP contribution in [0.4, 0.5) is 10.1 Å². The van der Waals surface area contributed by atoms with Crippen LogP contribution in [0, 0.1) is 5.82 Å². The zero-order valence-corrected chi connectivity index (χ0v) is 13.4. The Morgan fingerprint density at radius 1 is 1.08 bits per heavy atom. The number of amides is 2. The molecule has 0 aliphatic heterocycles. The highest BCUT2D eigenvalue weighted by Gasteiger charge is 2.07. The first kappa shape index (κ1) is 17.6. The maximum absolute atomic E-state index is 12.7. The van der Waals surface area contributed by atoms with Crippen LogP contribution >= 0.6 is 11.6 Å². The van der Waals surface area contributed by atoms with Gasteiger partial charge in [-0.05, 0) is 35.9 Å². The summed E-state index contributed by atoms with van der Waals surface area (Å²) in [5, 5.41) is 6.91. The van der Waals surface area contributed by atoms with Gasteiger partial charge in [0.1, 0.15) is 5.82 Å². The molecule has 0 aliphatic carbocycles. The van der Waals surface area contributed by atoms with Crippen molar-refractivity contribution in [1.82, 2.24) is 5.43 Å². The van der Waals surface area contributed by atoms with Crippen LogP contribution in [0.15, 0.2) is 53.6 Å². The average molecular weight is 348 g/mol. The van der Waals surface area contributed by atoms with Crippen LogP contribution in [0.5, 0.6) is 0 Å². The molecule has 5 nitrogen and oxygen atoms in total. The van der Waals surface area contributed by atoms with Gasteiger partial charge < -0.3 is 5.32 Å². The Hall–Kier alpha value is -2.73. The number of carbonyl (C=O) groups is 2. The minimum absolute atomic E-state index is 0.00679. The molecular weight excluding hydrogens is 333 g/mol. The second-order valence-corrected chi connectivity index (χ2v) is 5.34. The van der Waals surface area contributed by atoms with Gasteiger partial charge in [-0.15, -0.1) is 0 Å². The zero-order chi connectivity index (χ0) is 17.4. The van der Waals surface area contributed by atoms with E-state index in [4.69, 9.17) is 11.6 Å². The van der Waals surface area contributed by atoms with Crippen molar-refractivity contribution in [2.75, 3.05) is 5.32 Å². The second kappa shape index (κ2) is 8.79. The Morgan fingerprint density at radius 3 is 2.50 bits per heavy atom. The summed E-state index contributed by atoms with van der Waals surface area (Å²) in [5.41, 5.74) is 3.53. The Kier molecular flexibility index (Phi) is 6.45. The first-order valence-electron chi connectivity index (χ1n) is 7.16. The van der Waals surface area contributed by atoms with E-state index in [1.165, 1.54) is 30.5 Å². The van der Waals surface area contributed by atoms with Crippen LogP contribution in [0.1, 0.15) is 18.4 Å². The Balaban J connectivity index is 1.72. The molecule has 2 aromatic carbocycles. The molecule has 124 valence electrons. The van der Waals surface area contributed by atoms with Gasteiger partial charge in [0.15, 0.2) is 0 Å². The molecule has 0 aromatic heterocycles. The first-order valence-corrected chi connectivity index (χ1v) is 7.53. The van der Waals surface area contributed by atoms with Gasteiger partial charge >= 0.3 is 0 Å². The molecule has 0 spiro atoms. The number of halogens is 2. The van der Waals surface area contributed by atoms with Crippen LogP contribution in [-0.4, -0.2) is 18.0 Å². The fourth-order valence-electron chi connectivity index (χ4n) is 1.80. The minimum Gasteiger partial charge on any atom is -0.326 e. The lowest BCUT2D eigenvalue weighted by Gasteiger charge is -2.05. The molecule has 0 bridgehead atoms.